The highest BCUT2D eigenvalue weighted by atomic mass is 15.0. The number of amidine groups is 1. The highest BCUT2D eigenvalue weighted by molar-refractivity contribution is 5.82. The summed E-state index contributed by atoms with van der Waals surface area (Å²) < 4.78 is 0. The summed E-state index contributed by atoms with van der Waals surface area (Å²) in [7, 11) is 0. The van der Waals surface area contributed by atoms with Gasteiger partial charge in [0.1, 0.15) is 0 Å². The molecular formula is C16H28N2. The predicted molar refractivity (Wildman–Crippen MR) is 77.0 cm³/mol. The zero-order valence-corrected chi connectivity index (χ0v) is 11.7. The number of nitrogens with one attached hydrogen (secondary N) is 1. The molecule has 0 aromatic rings. The van der Waals surface area contributed by atoms with E-state index >= 15 is 0 Å². The monoisotopic (exact) mass is 248 g/mol. The van der Waals surface area contributed by atoms with Gasteiger partial charge in [-0.2, -0.15) is 0 Å². The van der Waals surface area contributed by atoms with E-state index in [0.29, 0.717) is 0 Å². The van der Waals surface area contributed by atoms with Crippen LogP contribution < -0.4 is 5.32 Å². The molecule has 0 amide bonds. The van der Waals surface area contributed by atoms with E-state index in [0.717, 1.165) is 24.4 Å². The van der Waals surface area contributed by atoms with Crippen LogP contribution in [0.4, 0.5) is 0 Å². The second kappa shape index (κ2) is 6.08. The van der Waals surface area contributed by atoms with Crippen molar-refractivity contribution in [2.24, 2.45) is 16.8 Å². The van der Waals surface area contributed by atoms with Crippen molar-refractivity contribution in [3.8, 4) is 0 Å². The second-order valence-corrected chi connectivity index (χ2v) is 6.53. The van der Waals surface area contributed by atoms with Crippen molar-refractivity contribution in [3.05, 3.63) is 0 Å². The highest BCUT2D eigenvalue weighted by Crippen LogP contribution is 2.40. The van der Waals surface area contributed by atoms with Crippen LogP contribution >= 0.6 is 0 Å². The summed E-state index contributed by atoms with van der Waals surface area (Å²) in [5.74, 6) is 3.32. The van der Waals surface area contributed by atoms with E-state index in [1.807, 2.05) is 0 Å². The summed E-state index contributed by atoms with van der Waals surface area (Å²) >= 11 is 0. The molecule has 3 aliphatic rings. The zero-order chi connectivity index (χ0) is 12.2. The Balaban J connectivity index is 1.58. The lowest BCUT2D eigenvalue weighted by atomic mass is 9.86. The summed E-state index contributed by atoms with van der Waals surface area (Å²) in [6.45, 7) is 1.06. The summed E-state index contributed by atoms with van der Waals surface area (Å²) in [5, 5.41) is 3.83. The normalized spacial score (nSPS) is 34.3. The standard InChI is InChI=1S/C16H28N2/c1-2-11-16(17-12-5-1)18-15-10-6-9-14(15)13-7-3-4-8-13/h13-15H,1-12H2,(H,17,18)/t14-,15-/m0/s1. The predicted octanol–water partition coefficient (Wildman–Crippen LogP) is 3.91. The molecule has 0 radical (unpaired) electrons. The van der Waals surface area contributed by atoms with Crippen molar-refractivity contribution in [2.45, 2.75) is 76.7 Å². The quantitative estimate of drug-likeness (QED) is 0.787. The molecule has 0 bridgehead atoms. The largest absolute Gasteiger partial charge is 0.371 e. The molecule has 1 heterocycles. The van der Waals surface area contributed by atoms with Gasteiger partial charge < -0.3 is 5.32 Å². The molecule has 1 aliphatic heterocycles. The number of rotatable bonds is 2. The number of hydrogen-bond acceptors (Lipinski definition) is 2. The van der Waals surface area contributed by atoms with Gasteiger partial charge in [0, 0.05) is 19.0 Å². The maximum absolute atomic E-state index is 4.75. The smallest absolute Gasteiger partial charge is 0.0965 e. The number of nitrogens with zero attached hydrogens (tertiary/aromatic N) is 1. The molecule has 3 rings (SSSR count). The van der Waals surface area contributed by atoms with Gasteiger partial charge in [0.25, 0.3) is 0 Å². The number of aliphatic imine (C=N–C) groups is 1. The Morgan fingerprint density at radius 1 is 0.833 bits per heavy atom. The van der Waals surface area contributed by atoms with E-state index in [-0.39, 0.29) is 0 Å². The van der Waals surface area contributed by atoms with Gasteiger partial charge in [0.05, 0.1) is 5.84 Å². The third-order valence-electron chi connectivity index (χ3n) is 5.30. The lowest BCUT2D eigenvalue weighted by molar-refractivity contribution is 0.301. The molecule has 2 atom stereocenters. The Morgan fingerprint density at radius 3 is 2.61 bits per heavy atom. The molecule has 0 aromatic carbocycles. The van der Waals surface area contributed by atoms with Crippen molar-refractivity contribution in [2.75, 3.05) is 6.54 Å². The van der Waals surface area contributed by atoms with E-state index in [1.165, 1.54) is 76.5 Å². The van der Waals surface area contributed by atoms with Gasteiger partial charge >= 0.3 is 0 Å². The summed E-state index contributed by atoms with van der Waals surface area (Å²) in [4.78, 5) is 4.75. The summed E-state index contributed by atoms with van der Waals surface area (Å²) in [6.07, 6.45) is 15.4. The first kappa shape index (κ1) is 12.5. The topological polar surface area (TPSA) is 24.4 Å². The van der Waals surface area contributed by atoms with Crippen LogP contribution in [0, 0.1) is 11.8 Å². The summed E-state index contributed by atoms with van der Waals surface area (Å²) in [5.41, 5.74) is 0. The van der Waals surface area contributed by atoms with Crippen molar-refractivity contribution < 1.29 is 0 Å². The first-order valence-electron chi connectivity index (χ1n) is 8.23. The average molecular weight is 248 g/mol. The van der Waals surface area contributed by atoms with Crippen LogP contribution in [0.5, 0.6) is 0 Å². The molecule has 0 saturated heterocycles. The van der Waals surface area contributed by atoms with Crippen LogP contribution in [0.1, 0.15) is 70.6 Å². The van der Waals surface area contributed by atoms with E-state index in [2.05, 4.69) is 5.32 Å². The fourth-order valence-corrected chi connectivity index (χ4v) is 4.32. The molecule has 1 N–H and O–H groups in total. The SMILES string of the molecule is C1CCN=C(N[C@H]2CCC[C@H]2C2CCCC2)CC1. The van der Waals surface area contributed by atoms with Gasteiger partial charge in [-0.1, -0.05) is 38.5 Å². The molecular weight excluding hydrogens is 220 g/mol. The van der Waals surface area contributed by atoms with Crippen LogP contribution in [0.25, 0.3) is 0 Å². The maximum Gasteiger partial charge on any atom is 0.0965 e. The van der Waals surface area contributed by atoms with Crippen molar-refractivity contribution in [1.82, 2.24) is 5.32 Å². The minimum Gasteiger partial charge on any atom is -0.371 e. The Kier molecular flexibility index (Phi) is 4.22. The van der Waals surface area contributed by atoms with Gasteiger partial charge in [-0.3, -0.25) is 4.99 Å². The van der Waals surface area contributed by atoms with Crippen molar-refractivity contribution >= 4 is 5.84 Å². The first-order valence-corrected chi connectivity index (χ1v) is 8.23. The molecule has 0 aromatic heterocycles. The lowest BCUT2D eigenvalue weighted by Crippen LogP contribution is -2.39. The Morgan fingerprint density at radius 2 is 1.72 bits per heavy atom. The molecule has 0 spiro atoms. The third-order valence-corrected chi connectivity index (χ3v) is 5.30. The van der Waals surface area contributed by atoms with Crippen molar-refractivity contribution in [3.63, 3.8) is 0 Å². The van der Waals surface area contributed by atoms with E-state index in [4.69, 9.17) is 4.99 Å². The fourth-order valence-electron chi connectivity index (χ4n) is 4.32. The molecule has 2 nitrogen and oxygen atoms in total. The number of hydrogen-bond donors (Lipinski definition) is 1. The van der Waals surface area contributed by atoms with Gasteiger partial charge in [0.2, 0.25) is 0 Å². The molecule has 2 fully saturated rings. The van der Waals surface area contributed by atoms with Gasteiger partial charge in [0.15, 0.2) is 0 Å². The summed E-state index contributed by atoms with van der Waals surface area (Å²) in [6, 6.07) is 0.755. The van der Waals surface area contributed by atoms with Crippen LogP contribution in [0.15, 0.2) is 4.99 Å². The zero-order valence-electron chi connectivity index (χ0n) is 11.7. The van der Waals surface area contributed by atoms with E-state index < -0.39 is 0 Å². The van der Waals surface area contributed by atoms with Crippen LogP contribution in [0.2, 0.25) is 0 Å². The minimum absolute atomic E-state index is 0.755. The molecule has 2 aliphatic carbocycles. The van der Waals surface area contributed by atoms with E-state index in [9.17, 15) is 0 Å². The molecule has 0 unspecified atom stereocenters. The highest BCUT2D eigenvalue weighted by Gasteiger charge is 2.35. The van der Waals surface area contributed by atoms with Gasteiger partial charge in [-0.25, -0.2) is 0 Å². The molecule has 18 heavy (non-hydrogen) atoms. The third kappa shape index (κ3) is 2.89. The van der Waals surface area contributed by atoms with Gasteiger partial charge in [-0.05, 0) is 37.5 Å². The Bertz CT molecular complexity index is 291. The Labute approximate surface area is 112 Å². The van der Waals surface area contributed by atoms with Crippen LogP contribution in [0.3, 0.4) is 0 Å². The first-order chi connectivity index (χ1) is 8.93. The lowest BCUT2D eigenvalue weighted by Gasteiger charge is -2.27. The van der Waals surface area contributed by atoms with Crippen LogP contribution in [-0.4, -0.2) is 18.4 Å². The average Bonchev–Trinajstić information content (AvgIpc) is 2.97. The fraction of sp³-hybridized carbons (Fsp3) is 0.938. The maximum atomic E-state index is 4.75. The van der Waals surface area contributed by atoms with Gasteiger partial charge in [-0.15, -0.1) is 0 Å². The molecule has 2 heteroatoms. The van der Waals surface area contributed by atoms with E-state index in [1.54, 1.807) is 0 Å². The molecule has 102 valence electrons. The van der Waals surface area contributed by atoms with Crippen molar-refractivity contribution in [1.29, 1.82) is 0 Å². The van der Waals surface area contributed by atoms with Crippen LogP contribution in [-0.2, 0) is 0 Å². The second-order valence-electron chi connectivity index (χ2n) is 6.53. The molecule has 2 saturated carbocycles. The Hall–Kier alpha value is -0.530. The minimum atomic E-state index is 0.755.